The van der Waals surface area contributed by atoms with Gasteiger partial charge in [0, 0.05) is 6.54 Å². The van der Waals surface area contributed by atoms with E-state index < -0.39 is 115 Å². The molecule has 8 atom stereocenters. The fourth-order valence-electron chi connectivity index (χ4n) is 4.29. The van der Waals surface area contributed by atoms with Gasteiger partial charge in [0.25, 0.3) is 0 Å². The predicted octanol–water partition coefficient (Wildman–Crippen LogP) is -7.33. The summed E-state index contributed by atoms with van der Waals surface area (Å²) in [5.74, 6) is -9.08. The number of carboxylic acid groups (broad SMARTS) is 1. The smallest absolute Gasteiger partial charge is 0.328 e. The van der Waals surface area contributed by atoms with Crippen LogP contribution in [-0.2, 0) is 38.4 Å². The van der Waals surface area contributed by atoms with Gasteiger partial charge in [0.05, 0.1) is 31.8 Å². The number of nitrogens with one attached hydrogen (secondary N) is 6. The van der Waals surface area contributed by atoms with Crippen LogP contribution in [-0.4, -0.2) is 142 Å². The molecule has 23 nitrogen and oxygen atoms in total. The SMILES string of the molecule is CC(C)C[C@H](NC(=O)[C@H](CC(N)=O)NC(=O)[C@H](CO)NC(=O)[C@@H](NC(=O)[C@@H](N)CCCN=C(N)N)[C@@H](C)O)C(=O)N[C@@H](C)C(=O)N[C@@H](CO)C(=O)O. The summed E-state index contributed by atoms with van der Waals surface area (Å²) in [6.07, 6.45) is -1.92. The van der Waals surface area contributed by atoms with Gasteiger partial charge in [-0.15, -0.1) is 0 Å². The van der Waals surface area contributed by atoms with Crippen molar-refractivity contribution in [3.8, 4) is 0 Å². The first-order valence-corrected chi connectivity index (χ1v) is 16.2. The van der Waals surface area contributed by atoms with Crippen molar-refractivity contribution in [3.05, 3.63) is 0 Å². The van der Waals surface area contributed by atoms with Crippen LogP contribution in [0.15, 0.2) is 4.99 Å². The number of carbonyl (C=O) groups is 8. The fraction of sp³-hybridized carbons (Fsp3) is 0.690. The van der Waals surface area contributed by atoms with Crippen LogP contribution in [0.2, 0.25) is 0 Å². The minimum atomic E-state index is -1.79. The summed E-state index contributed by atoms with van der Waals surface area (Å²) in [6, 6.07) is -10.6. The number of guanidine groups is 1. The maximum atomic E-state index is 13.3. The lowest BCUT2D eigenvalue weighted by Crippen LogP contribution is -2.62. The monoisotopic (exact) mass is 747 g/mol. The van der Waals surface area contributed by atoms with Crippen LogP contribution in [0, 0.1) is 5.92 Å². The van der Waals surface area contributed by atoms with Crippen molar-refractivity contribution in [2.75, 3.05) is 19.8 Å². The van der Waals surface area contributed by atoms with Gasteiger partial charge in [-0.2, -0.15) is 0 Å². The molecule has 7 amide bonds. The molecule has 0 saturated heterocycles. The van der Waals surface area contributed by atoms with Crippen molar-refractivity contribution in [2.24, 2.45) is 33.8 Å². The first kappa shape index (κ1) is 46.9. The average molecular weight is 748 g/mol. The van der Waals surface area contributed by atoms with Crippen LogP contribution in [0.4, 0.5) is 0 Å². The third kappa shape index (κ3) is 17.7. The topological polar surface area (TPSA) is 406 Å². The molecule has 0 aromatic carbocycles. The van der Waals surface area contributed by atoms with E-state index >= 15 is 0 Å². The molecule has 0 aliphatic carbocycles. The first-order valence-electron chi connectivity index (χ1n) is 16.2. The Labute approximate surface area is 299 Å². The molecule has 0 rings (SSSR count). The molecule has 0 aliphatic rings. The first-order chi connectivity index (χ1) is 24.1. The van der Waals surface area contributed by atoms with Gasteiger partial charge in [0.1, 0.15) is 36.3 Å². The van der Waals surface area contributed by atoms with Gasteiger partial charge in [0.2, 0.25) is 41.4 Å². The molecule has 296 valence electrons. The predicted molar refractivity (Wildman–Crippen MR) is 182 cm³/mol. The quantitative estimate of drug-likeness (QED) is 0.0248. The second kappa shape index (κ2) is 23.4. The number of nitrogens with two attached hydrogens (primary N) is 4. The van der Waals surface area contributed by atoms with Crippen molar-refractivity contribution in [3.63, 3.8) is 0 Å². The van der Waals surface area contributed by atoms with Crippen LogP contribution >= 0.6 is 0 Å². The molecule has 0 radical (unpaired) electrons. The molecular formula is C29H53N11O12. The third-order valence-electron chi connectivity index (χ3n) is 7.11. The van der Waals surface area contributed by atoms with Gasteiger partial charge in [-0.1, -0.05) is 13.8 Å². The molecular weight excluding hydrogens is 694 g/mol. The number of aliphatic hydroxyl groups is 3. The molecule has 0 saturated carbocycles. The summed E-state index contributed by atoms with van der Waals surface area (Å²) in [7, 11) is 0. The number of aliphatic carboxylic acids is 1. The Morgan fingerprint density at radius 1 is 0.654 bits per heavy atom. The third-order valence-corrected chi connectivity index (χ3v) is 7.11. The van der Waals surface area contributed by atoms with Crippen LogP contribution < -0.4 is 54.8 Å². The summed E-state index contributed by atoms with van der Waals surface area (Å²) in [4.78, 5) is 104. The molecule has 0 fully saturated rings. The number of aliphatic imine (C=N–C) groups is 1. The van der Waals surface area contributed by atoms with Crippen molar-refractivity contribution < 1.29 is 58.8 Å². The number of amides is 7. The fourth-order valence-corrected chi connectivity index (χ4v) is 4.29. The Morgan fingerprint density at radius 2 is 1.15 bits per heavy atom. The van der Waals surface area contributed by atoms with Crippen molar-refractivity contribution in [1.82, 2.24) is 31.9 Å². The molecule has 0 bridgehead atoms. The summed E-state index contributed by atoms with van der Waals surface area (Å²) in [5.41, 5.74) is 21.6. The number of nitrogens with zero attached hydrogens (tertiary/aromatic N) is 1. The second-order valence-corrected chi connectivity index (χ2v) is 12.3. The zero-order valence-electron chi connectivity index (χ0n) is 29.5. The summed E-state index contributed by atoms with van der Waals surface area (Å²) >= 11 is 0. The van der Waals surface area contributed by atoms with E-state index in [-0.39, 0.29) is 31.3 Å². The van der Waals surface area contributed by atoms with E-state index in [1.807, 2.05) is 5.32 Å². The second-order valence-electron chi connectivity index (χ2n) is 12.3. The van der Waals surface area contributed by atoms with Crippen LogP contribution in [0.1, 0.15) is 53.4 Å². The molecule has 0 aromatic heterocycles. The van der Waals surface area contributed by atoms with Gasteiger partial charge in [-0.25, -0.2) is 4.79 Å². The van der Waals surface area contributed by atoms with E-state index in [4.69, 9.17) is 33.1 Å². The highest BCUT2D eigenvalue weighted by Gasteiger charge is 2.34. The largest absolute Gasteiger partial charge is 0.480 e. The Hall–Kier alpha value is -5.13. The van der Waals surface area contributed by atoms with E-state index in [9.17, 15) is 48.6 Å². The average Bonchev–Trinajstić information content (AvgIpc) is 3.04. The van der Waals surface area contributed by atoms with E-state index in [0.29, 0.717) is 6.42 Å². The summed E-state index contributed by atoms with van der Waals surface area (Å²) < 4.78 is 0. The normalized spacial score (nSPS) is 15.6. The Balaban J connectivity index is 5.78. The highest BCUT2D eigenvalue weighted by atomic mass is 16.4. The lowest BCUT2D eigenvalue weighted by atomic mass is 10.0. The number of carbonyl (C=O) groups excluding carboxylic acids is 7. The molecule has 18 N–H and O–H groups in total. The van der Waals surface area contributed by atoms with Crippen molar-refractivity contribution >= 4 is 53.3 Å². The molecule has 0 spiro atoms. The van der Waals surface area contributed by atoms with E-state index in [1.54, 1.807) is 13.8 Å². The van der Waals surface area contributed by atoms with Gasteiger partial charge < -0.3 is 75.3 Å². The Bertz CT molecular complexity index is 1290. The van der Waals surface area contributed by atoms with E-state index in [2.05, 4.69) is 31.6 Å². The molecule has 0 heterocycles. The highest BCUT2D eigenvalue weighted by Crippen LogP contribution is 2.07. The van der Waals surface area contributed by atoms with Crippen molar-refractivity contribution in [2.45, 2.75) is 102 Å². The maximum absolute atomic E-state index is 13.3. The molecule has 0 aromatic rings. The van der Waals surface area contributed by atoms with Gasteiger partial charge in [-0.3, -0.25) is 38.6 Å². The molecule has 23 heteroatoms. The molecule has 52 heavy (non-hydrogen) atoms. The number of primary amides is 1. The lowest BCUT2D eigenvalue weighted by molar-refractivity contribution is -0.143. The number of hydrogen-bond donors (Lipinski definition) is 14. The number of hydrogen-bond acceptors (Lipinski definition) is 13. The Kier molecular flexibility index (Phi) is 21.1. The maximum Gasteiger partial charge on any atom is 0.328 e. The van der Waals surface area contributed by atoms with E-state index in [1.165, 1.54) is 6.92 Å². The number of aliphatic hydroxyl groups excluding tert-OH is 3. The zero-order chi connectivity index (χ0) is 40.3. The lowest BCUT2D eigenvalue weighted by Gasteiger charge is -2.27. The standard InChI is InChI=1S/C29H53N11O12/c1-12(2)8-16(24(47)35-13(3)22(45)39-19(11-42)28(51)52)36-25(48)17(9-20(31)44)37-26(49)18(10-41)38-27(50)21(14(4)43)40-23(46)15(30)6-5-7-34-29(32)33/h12-19,21,41-43H,5-11,30H2,1-4H3,(H2,31,44)(H,35,47)(H,36,48)(H,37,49)(H,38,50)(H,39,45)(H,40,46)(H,51,52)(H4,32,33,34)/t13-,14+,15-,16-,17-,18-,19-,21-/m0/s1. The highest BCUT2D eigenvalue weighted by molar-refractivity contribution is 5.98. The van der Waals surface area contributed by atoms with Gasteiger partial charge in [-0.05, 0) is 39.0 Å². The zero-order valence-corrected chi connectivity index (χ0v) is 29.5. The van der Waals surface area contributed by atoms with Crippen molar-refractivity contribution in [1.29, 1.82) is 0 Å². The van der Waals surface area contributed by atoms with Gasteiger partial charge in [0.15, 0.2) is 5.96 Å². The number of carboxylic acids is 1. The minimum absolute atomic E-state index is 0.0146. The Morgan fingerprint density at radius 3 is 1.63 bits per heavy atom. The van der Waals surface area contributed by atoms with Gasteiger partial charge >= 0.3 is 5.97 Å². The van der Waals surface area contributed by atoms with Crippen LogP contribution in [0.5, 0.6) is 0 Å². The summed E-state index contributed by atoms with van der Waals surface area (Å²) in [5, 5.41) is 51.5. The number of rotatable bonds is 24. The molecule has 0 aliphatic heterocycles. The van der Waals surface area contributed by atoms with Crippen LogP contribution in [0.25, 0.3) is 0 Å². The summed E-state index contributed by atoms with van der Waals surface area (Å²) in [6.45, 7) is 3.99. The molecule has 0 unspecified atom stereocenters. The van der Waals surface area contributed by atoms with E-state index in [0.717, 1.165) is 6.92 Å². The van der Waals surface area contributed by atoms with Crippen LogP contribution in [0.3, 0.4) is 0 Å². The minimum Gasteiger partial charge on any atom is -0.480 e.